The second-order valence-corrected chi connectivity index (χ2v) is 6.61. The van der Waals surface area contributed by atoms with Gasteiger partial charge in [-0.2, -0.15) is 0 Å². The molecule has 1 aliphatic rings. The molecule has 0 saturated carbocycles. The molecule has 1 unspecified atom stereocenters. The van der Waals surface area contributed by atoms with Crippen molar-refractivity contribution in [3.8, 4) is 11.5 Å². The SMILES string of the molecule is CN=C(NCc1cc(OC)c(OC)cc1Br)N1CCC(COC)C1.I. The van der Waals surface area contributed by atoms with Crippen molar-refractivity contribution in [3.63, 3.8) is 0 Å². The number of hydrogen-bond donors (Lipinski definition) is 1. The lowest BCUT2D eigenvalue weighted by atomic mass is 10.1. The normalized spacial score (nSPS) is 17.2. The number of hydrogen-bond acceptors (Lipinski definition) is 4. The minimum absolute atomic E-state index is 0. The third-order valence-electron chi connectivity index (χ3n) is 4.19. The van der Waals surface area contributed by atoms with Crippen LogP contribution in [-0.2, 0) is 11.3 Å². The van der Waals surface area contributed by atoms with Crippen LogP contribution in [0.1, 0.15) is 12.0 Å². The standard InChI is InChI=1S/C17H26BrN3O3.HI/c1-19-17(21-6-5-12(10-21)11-22-2)20-9-13-7-15(23-3)16(24-4)8-14(13)18;/h7-8,12H,5-6,9-11H2,1-4H3,(H,19,20);1H. The van der Waals surface area contributed by atoms with E-state index in [9.17, 15) is 0 Å². The topological polar surface area (TPSA) is 55.3 Å². The Kier molecular flexibility index (Phi) is 9.88. The lowest BCUT2D eigenvalue weighted by molar-refractivity contribution is 0.157. The second-order valence-electron chi connectivity index (χ2n) is 5.76. The Labute approximate surface area is 175 Å². The third kappa shape index (κ3) is 5.89. The van der Waals surface area contributed by atoms with E-state index in [-0.39, 0.29) is 24.0 Å². The average molecular weight is 528 g/mol. The molecule has 1 fully saturated rings. The van der Waals surface area contributed by atoms with Gasteiger partial charge in [-0.25, -0.2) is 0 Å². The highest BCUT2D eigenvalue weighted by Crippen LogP contribution is 2.33. The summed E-state index contributed by atoms with van der Waals surface area (Å²) in [4.78, 5) is 6.68. The number of likely N-dealkylation sites (tertiary alicyclic amines) is 1. The summed E-state index contributed by atoms with van der Waals surface area (Å²) in [6.45, 7) is 3.43. The van der Waals surface area contributed by atoms with Gasteiger partial charge in [-0.3, -0.25) is 4.99 Å². The number of halogens is 2. The summed E-state index contributed by atoms with van der Waals surface area (Å²) < 4.78 is 16.9. The van der Waals surface area contributed by atoms with E-state index >= 15 is 0 Å². The molecule has 1 heterocycles. The first-order valence-electron chi connectivity index (χ1n) is 7.97. The van der Waals surface area contributed by atoms with Gasteiger partial charge in [0, 0.05) is 44.2 Å². The van der Waals surface area contributed by atoms with E-state index in [0.29, 0.717) is 24.0 Å². The van der Waals surface area contributed by atoms with Crippen LogP contribution in [0.4, 0.5) is 0 Å². The van der Waals surface area contributed by atoms with Gasteiger partial charge in [0.1, 0.15) is 0 Å². The van der Waals surface area contributed by atoms with E-state index < -0.39 is 0 Å². The molecule has 25 heavy (non-hydrogen) atoms. The Morgan fingerprint density at radius 3 is 2.56 bits per heavy atom. The summed E-state index contributed by atoms with van der Waals surface area (Å²) in [7, 11) is 6.84. The minimum atomic E-state index is 0. The molecule has 142 valence electrons. The predicted molar refractivity (Wildman–Crippen MR) is 114 cm³/mol. The second kappa shape index (κ2) is 11.1. The average Bonchev–Trinajstić information content (AvgIpc) is 3.05. The Morgan fingerprint density at radius 2 is 1.96 bits per heavy atom. The number of ether oxygens (including phenoxy) is 3. The zero-order valence-electron chi connectivity index (χ0n) is 15.2. The molecule has 6 nitrogen and oxygen atoms in total. The van der Waals surface area contributed by atoms with Crippen molar-refractivity contribution in [1.29, 1.82) is 0 Å². The fourth-order valence-corrected chi connectivity index (χ4v) is 3.40. The Morgan fingerprint density at radius 1 is 1.28 bits per heavy atom. The highest BCUT2D eigenvalue weighted by molar-refractivity contribution is 14.0. The molecule has 1 N–H and O–H groups in total. The molecule has 2 rings (SSSR count). The summed E-state index contributed by atoms with van der Waals surface area (Å²) in [5, 5.41) is 3.43. The van der Waals surface area contributed by atoms with Crippen molar-refractivity contribution in [2.75, 3.05) is 48.1 Å². The molecule has 0 aromatic heterocycles. The fourth-order valence-electron chi connectivity index (χ4n) is 2.94. The molecule has 1 aliphatic heterocycles. The first-order chi connectivity index (χ1) is 11.6. The van der Waals surface area contributed by atoms with Gasteiger partial charge in [0.05, 0.1) is 20.8 Å². The van der Waals surface area contributed by atoms with Crippen molar-refractivity contribution in [3.05, 3.63) is 22.2 Å². The van der Waals surface area contributed by atoms with Gasteiger partial charge in [0.25, 0.3) is 0 Å². The fraction of sp³-hybridized carbons (Fsp3) is 0.588. The van der Waals surface area contributed by atoms with Crippen LogP contribution in [-0.4, -0.2) is 58.9 Å². The number of nitrogens with zero attached hydrogens (tertiary/aromatic N) is 2. The van der Waals surface area contributed by atoms with E-state index in [2.05, 4.69) is 31.1 Å². The van der Waals surface area contributed by atoms with Crippen LogP contribution in [0.2, 0.25) is 0 Å². The molecule has 0 spiro atoms. The molecule has 1 aromatic carbocycles. The molecular weight excluding hydrogens is 501 g/mol. The highest BCUT2D eigenvalue weighted by Gasteiger charge is 2.24. The first kappa shape index (κ1) is 22.3. The molecule has 8 heteroatoms. The lowest BCUT2D eigenvalue weighted by Gasteiger charge is -2.22. The van der Waals surface area contributed by atoms with Crippen LogP contribution < -0.4 is 14.8 Å². The summed E-state index contributed by atoms with van der Waals surface area (Å²) in [5.74, 6) is 2.91. The maximum absolute atomic E-state index is 5.38. The van der Waals surface area contributed by atoms with Crippen molar-refractivity contribution in [2.24, 2.45) is 10.9 Å². The van der Waals surface area contributed by atoms with Crippen molar-refractivity contribution >= 4 is 45.9 Å². The summed E-state index contributed by atoms with van der Waals surface area (Å²) >= 11 is 3.59. The predicted octanol–water partition coefficient (Wildman–Crippen LogP) is 3.13. The number of aliphatic imine (C=N–C) groups is 1. The third-order valence-corrected chi connectivity index (χ3v) is 4.93. The summed E-state index contributed by atoms with van der Waals surface area (Å²) in [6, 6.07) is 3.89. The maximum Gasteiger partial charge on any atom is 0.193 e. The van der Waals surface area contributed by atoms with Crippen molar-refractivity contribution in [2.45, 2.75) is 13.0 Å². The summed E-state index contributed by atoms with van der Waals surface area (Å²) in [5.41, 5.74) is 1.08. The molecule has 1 aromatic rings. The van der Waals surface area contributed by atoms with Gasteiger partial charge in [-0.1, -0.05) is 15.9 Å². The van der Waals surface area contributed by atoms with Crippen molar-refractivity contribution < 1.29 is 14.2 Å². The van der Waals surface area contributed by atoms with Crippen LogP contribution in [0.15, 0.2) is 21.6 Å². The molecule has 1 saturated heterocycles. The Bertz CT molecular complexity index is 587. The number of rotatable bonds is 6. The zero-order valence-corrected chi connectivity index (χ0v) is 19.1. The van der Waals surface area contributed by atoms with Gasteiger partial charge < -0.3 is 24.4 Å². The molecule has 0 amide bonds. The zero-order chi connectivity index (χ0) is 17.5. The van der Waals surface area contributed by atoms with Crippen LogP contribution in [0.25, 0.3) is 0 Å². The van der Waals surface area contributed by atoms with Crippen LogP contribution in [0.3, 0.4) is 0 Å². The van der Waals surface area contributed by atoms with E-state index in [1.54, 1.807) is 21.3 Å². The number of benzene rings is 1. The number of methoxy groups -OCH3 is 3. The Balaban J connectivity index is 0.00000312. The van der Waals surface area contributed by atoms with Crippen LogP contribution >= 0.6 is 39.9 Å². The minimum Gasteiger partial charge on any atom is -0.493 e. The van der Waals surface area contributed by atoms with Gasteiger partial charge in [-0.15, -0.1) is 24.0 Å². The van der Waals surface area contributed by atoms with Crippen LogP contribution in [0.5, 0.6) is 11.5 Å². The molecule has 1 atom stereocenters. The molecule has 0 aliphatic carbocycles. The van der Waals surface area contributed by atoms with E-state index in [1.165, 1.54) is 0 Å². The summed E-state index contributed by atoms with van der Waals surface area (Å²) in [6.07, 6.45) is 1.13. The van der Waals surface area contributed by atoms with Crippen molar-refractivity contribution in [1.82, 2.24) is 10.2 Å². The number of guanidine groups is 1. The largest absolute Gasteiger partial charge is 0.493 e. The monoisotopic (exact) mass is 527 g/mol. The van der Waals surface area contributed by atoms with Gasteiger partial charge in [0.15, 0.2) is 17.5 Å². The smallest absolute Gasteiger partial charge is 0.193 e. The van der Waals surface area contributed by atoms with E-state index in [1.807, 2.05) is 19.2 Å². The van der Waals surface area contributed by atoms with E-state index in [0.717, 1.165) is 42.1 Å². The van der Waals surface area contributed by atoms with Gasteiger partial charge in [0.2, 0.25) is 0 Å². The van der Waals surface area contributed by atoms with Gasteiger partial charge in [-0.05, 0) is 24.1 Å². The highest BCUT2D eigenvalue weighted by atomic mass is 127. The van der Waals surface area contributed by atoms with Gasteiger partial charge >= 0.3 is 0 Å². The molecular formula is C17H27BrIN3O3. The maximum atomic E-state index is 5.38. The Hall–Kier alpha value is -0.740. The van der Waals surface area contributed by atoms with Crippen LogP contribution in [0, 0.1) is 5.92 Å². The van der Waals surface area contributed by atoms with E-state index in [4.69, 9.17) is 14.2 Å². The lowest BCUT2D eigenvalue weighted by Crippen LogP contribution is -2.39. The molecule has 0 radical (unpaired) electrons. The quantitative estimate of drug-likeness (QED) is 0.350. The molecule has 0 bridgehead atoms. The first-order valence-corrected chi connectivity index (χ1v) is 8.77. The number of nitrogens with one attached hydrogen (secondary N) is 1.